The molecule has 0 aliphatic carbocycles. The highest BCUT2D eigenvalue weighted by atomic mass is 32.2. The van der Waals surface area contributed by atoms with Crippen molar-refractivity contribution in [2.75, 3.05) is 18.4 Å². The molecule has 1 aromatic carbocycles. The molecule has 162 valence electrons. The third-order valence-corrected chi connectivity index (χ3v) is 7.85. The number of thiophene rings is 1. The van der Waals surface area contributed by atoms with Gasteiger partial charge in [-0.3, -0.25) is 9.89 Å². The number of hydrogen-bond acceptors (Lipinski definition) is 5. The largest absolute Gasteiger partial charge is 0.309 e. The zero-order chi connectivity index (χ0) is 21.8. The molecule has 0 saturated carbocycles. The highest BCUT2D eigenvalue weighted by Crippen LogP contribution is 2.28. The van der Waals surface area contributed by atoms with E-state index in [1.54, 1.807) is 17.4 Å². The lowest BCUT2D eigenvalue weighted by Crippen LogP contribution is -2.40. The Bertz CT molecular complexity index is 1170. The molecule has 1 amide bonds. The molecule has 3 heterocycles. The van der Waals surface area contributed by atoms with Crippen LogP contribution in [0.1, 0.15) is 23.3 Å². The quantitative estimate of drug-likeness (QED) is 0.584. The van der Waals surface area contributed by atoms with E-state index in [9.17, 15) is 13.2 Å². The summed E-state index contributed by atoms with van der Waals surface area (Å²) in [5.74, 6) is 0.109. The topological polar surface area (TPSA) is 95.2 Å². The van der Waals surface area contributed by atoms with Crippen LogP contribution in [0.5, 0.6) is 0 Å². The zero-order valence-corrected chi connectivity index (χ0v) is 18.7. The van der Waals surface area contributed by atoms with Crippen LogP contribution in [-0.2, 0) is 14.8 Å². The smallest absolute Gasteiger partial charge is 0.236 e. The van der Waals surface area contributed by atoms with Crippen molar-refractivity contribution in [3.63, 3.8) is 0 Å². The van der Waals surface area contributed by atoms with Gasteiger partial charge in [-0.25, -0.2) is 8.42 Å². The van der Waals surface area contributed by atoms with Crippen LogP contribution in [0, 0.1) is 12.8 Å². The minimum Gasteiger partial charge on any atom is -0.309 e. The summed E-state index contributed by atoms with van der Waals surface area (Å²) in [4.78, 5) is 14.9. The van der Waals surface area contributed by atoms with Crippen LogP contribution in [0.25, 0.3) is 16.6 Å². The van der Waals surface area contributed by atoms with Gasteiger partial charge < -0.3 is 5.32 Å². The maximum atomic E-state index is 12.6. The van der Waals surface area contributed by atoms with Gasteiger partial charge in [-0.15, -0.1) is 11.3 Å². The number of carbonyl (C=O) groups is 1. The van der Waals surface area contributed by atoms with Gasteiger partial charge in [-0.1, -0.05) is 30.3 Å². The second-order valence-corrected chi connectivity index (χ2v) is 10.6. The van der Waals surface area contributed by atoms with Gasteiger partial charge in [0, 0.05) is 35.4 Å². The molecule has 2 aromatic heterocycles. The Hall–Kier alpha value is -2.75. The van der Waals surface area contributed by atoms with Gasteiger partial charge in [-0.2, -0.15) is 9.40 Å². The van der Waals surface area contributed by atoms with Crippen LogP contribution in [0.15, 0.2) is 53.9 Å². The van der Waals surface area contributed by atoms with Crippen molar-refractivity contribution in [1.82, 2.24) is 14.5 Å². The summed E-state index contributed by atoms with van der Waals surface area (Å²) < 4.78 is 26.6. The van der Waals surface area contributed by atoms with Gasteiger partial charge in [0.25, 0.3) is 0 Å². The number of anilines is 1. The predicted octanol–water partition coefficient (Wildman–Crippen LogP) is 4.10. The summed E-state index contributed by atoms with van der Waals surface area (Å²) in [7, 11) is -3.51. The van der Waals surface area contributed by atoms with Crippen molar-refractivity contribution in [2.45, 2.75) is 19.8 Å². The minimum atomic E-state index is -3.51. The van der Waals surface area contributed by atoms with E-state index < -0.39 is 10.0 Å². The molecular weight excluding hydrogens is 432 g/mol. The molecule has 1 saturated heterocycles. The molecule has 2 N–H and O–H groups in total. The van der Waals surface area contributed by atoms with E-state index in [-0.39, 0.29) is 11.8 Å². The summed E-state index contributed by atoms with van der Waals surface area (Å²) in [6.07, 6.45) is 2.55. The number of aromatic amines is 1. The summed E-state index contributed by atoms with van der Waals surface area (Å²) in [5, 5.41) is 11.2. The number of H-pyrrole nitrogens is 1. The number of sulfonamides is 1. The van der Waals surface area contributed by atoms with E-state index in [0.717, 1.165) is 16.1 Å². The number of piperidine rings is 1. The predicted molar refractivity (Wildman–Crippen MR) is 124 cm³/mol. The molecule has 1 aliphatic heterocycles. The van der Waals surface area contributed by atoms with Gasteiger partial charge in [-0.05, 0) is 43.5 Å². The third-order valence-electron chi connectivity index (χ3n) is 5.25. The van der Waals surface area contributed by atoms with E-state index >= 15 is 0 Å². The second kappa shape index (κ2) is 9.17. The highest BCUT2D eigenvalue weighted by molar-refractivity contribution is 7.92. The fourth-order valence-corrected chi connectivity index (χ4v) is 5.56. The number of rotatable bonds is 6. The summed E-state index contributed by atoms with van der Waals surface area (Å²) in [6.45, 7) is 2.68. The fourth-order valence-electron chi connectivity index (χ4n) is 3.51. The number of amides is 1. The Labute approximate surface area is 185 Å². The molecule has 1 aliphatic rings. The summed E-state index contributed by atoms with van der Waals surface area (Å²) >= 11 is 1.65. The van der Waals surface area contributed by atoms with Gasteiger partial charge in [0.15, 0.2) is 5.82 Å². The van der Waals surface area contributed by atoms with Crippen molar-refractivity contribution < 1.29 is 13.2 Å². The average Bonchev–Trinajstić information content (AvgIpc) is 3.42. The Morgan fingerprint density at radius 3 is 2.61 bits per heavy atom. The second-order valence-electron chi connectivity index (χ2n) is 7.50. The lowest BCUT2D eigenvalue weighted by molar-refractivity contribution is -0.120. The number of nitrogens with zero attached hydrogens (tertiary/aromatic N) is 2. The van der Waals surface area contributed by atoms with Gasteiger partial charge in [0.05, 0.1) is 10.6 Å². The van der Waals surface area contributed by atoms with Crippen LogP contribution in [-0.4, -0.2) is 41.9 Å². The van der Waals surface area contributed by atoms with Crippen LogP contribution in [0.3, 0.4) is 0 Å². The number of benzene rings is 1. The Kier molecular flexibility index (Phi) is 6.35. The summed E-state index contributed by atoms with van der Waals surface area (Å²) in [5.41, 5.74) is 1.69. The average molecular weight is 457 g/mol. The fraction of sp³-hybridized carbons (Fsp3) is 0.273. The molecule has 9 heteroatoms. The maximum absolute atomic E-state index is 12.6. The number of aryl methyl sites for hydroxylation is 1. The molecule has 7 nitrogen and oxygen atoms in total. The lowest BCUT2D eigenvalue weighted by Gasteiger charge is -2.29. The van der Waals surface area contributed by atoms with Crippen molar-refractivity contribution >= 4 is 39.2 Å². The van der Waals surface area contributed by atoms with E-state index in [2.05, 4.69) is 15.5 Å². The summed E-state index contributed by atoms with van der Waals surface area (Å²) in [6, 6.07) is 15.2. The number of hydrogen-bond donors (Lipinski definition) is 2. The highest BCUT2D eigenvalue weighted by Gasteiger charge is 2.30. The SMILES string of the molecule is Cc1ccc(-c2cc(NC(=O)C3CCN(S(=O)(=O)/C=C/c4ccccc4)CC3)n[nH]2)s1. The number of nitrogens with one attached hydrogen (secondary N) is 2. The number of aromatic nitrogens is 2. The zero-order valence-electron chi connectivity index (χ0n) is 17.1. The first-order chi connectivity index (χ1) is 14.9. The first kappa shape index (κ1) is 21.5. The van der Waals surface area contributed by atoms with E-state index in [1.165, 1.54) is 14.6 Å². The molecule has 0 bridgehead atoms. The first-order valence-corrected chi connectivity index (χ1v) is 12.4. The van der Waals surface area contributed by atoms with E-state index in [0.29, 0.717) is 31.7 Å². The van der Waals surface area contributed by atoms with Crippen LogP contribution < -0.4 is 5.32 Å². The third kappa shape index (κ3) is 5.30. The van der Waals surface area contributed by atoms with E-state index in [4.69, 9.17) is 0 Å². The Morgan fingerprint density at radius 2 is 1.94 bits per heavy atom. The molecule has 31 heavy (non-hydrogen) atoms. The van der Waals surface area contributed by atoms with Crippen molar-refractivity contribution in [3.8, 4) is 10.6 Å². The van der Waals surface area contributed by atoms with Crippen LogP contribution >= 0.6 is 11.3 Å². The molecule has 0 spiro atoms. The molecular formula is C22H24N4O3S2. The molecule has 0 unspecified atom stereocenters. The molecule has 3 aromatic rings. The molecule has 0 radical (unpaired) electrons. The molecule has 4 rings (SSSR count). The Balaban J connectivity index is 1.32. The normalized spacial score (nSPS) is 16.0. The Morgan fingerprint density at radius 1 is 1.19 bits per heavy atom. The lowest BCUT2D eigenvalue weighted by atomic mass is 9.97. The number of carbonyl (C=O) groups excluding carboxylic acids is 1. The molecule has 1 fully saturated rings. The van der Waals surface area contributed by atoms with Crippen LogP contribution in [0.2, 0.25) is 0 Å². The van der Waals surface area contributed by atoms with Crippen molar-refractivity contribution in [3.05, 3.63) is 64.4 Å². The van der Waals surface area contributed by atoms with Gasteiger partial charge in [0.2, 0.25) is 15.9 Å². The van der Waals surface area contributed by atoms with Gasteiger partial charge >= 0.3 is 0 Å². The van der Waals surface area contributed by atoms with Crippen molar-refractivity contribution in [2.24, 2.45) is 5.92 Å². The maximum Gasteiger partial charge on any atom is 0.236 e. The standard InChI is InChI=1S/C22H24N4O3S2/c1-16-7-8-20(30-16)19-15-21(25-24-19)23-22(27)18-9-12-26(13-10-18)31(28,29)14-11-17-5-3-2-4-6-17/h2-8,11,14-15,18H,9-10,12-13H2,1H3,(H2,23,24,25,27)/b14-11+. The first-order valence-electron chi connectivity index (χ1n) is 10.1. The van der Waals surface area contributed by atoms with E-state index in [1.807, 2.05) is 55.5 Å². The monoisotopic (exact) mass is 456 g/mol. The minimum absolute atomic E-state index is 0.128. The van der Waals surface area contributed by atoms with Crippen molar-refractivity contribution in [1.29, 1.82) is 0 Å². The van der Waals surface area contributed by atoms with Gasteiger partial charge in [0.1, 0.15) is 0 Å². The molecule has 0 atom stereocenters. The van der Waals surface area contributed by atoms with Crippen LogP contribution in [0.4, 0.5) is 5.82 Å².